The minimum absolute atomic E-state index is 0.242. The predicted octanol–water partition coefficient (Wildman–Crippen LogP) is 3.59. The van der Waals surface area contributed by atoms with Crippen molar-refractivity contribution >= 4 is 26.7 Å². The average Bonchev–Trinajstić information content (AvgIpc) is 3.07. The van der Waals surface area contributed by atoms with E-state index in [-0.39, 0.29) is 4.90 Å². The van der Waals surface area contributed by atoms with Crippen molar-refractivity contribution in [2.24, 2.45) is 0 Å². The zero-order chi connectivity index (χ0) is 18.9. The Balaban J connectivity index is 1.51. The highest BCUT2D eigenvalue weighted by atomic mass is 32.2. The molecule has 0 spiro atoms. The summed E-state index contributed by atoms with van der Waals surface area (Å²) in [4.78, 5) is 0.242. The Morgan fingerprint density at radius 2 is 1.63 bits per heavy atom. The van der Waals surface area contributed by atoms with Crippen LogP contribution in [0, 0.1) is 6.92 Å². The van der Waals surface area contributed by atoms with Crippen molar-refractivity contribution in [2.45, 2.75) is 18.4 Å². The number of nitrogens with zero attached hydrogens (tertiary/aromatic N) is 3. The van der Waals surface area contributed by atoms with E-state index in [4.69, 9.17) is 0 Å². The number of aromatic nitrogens is 3. The van der Waals surface area contributed by atoms with Crippen LogP contribution in [0.3, 0.4) is 0 Å². The number of hydrogen-bond donors (Lipinski definition) is 1. The van der Waals surface area contributed by atoms with E-state index in [1.54, 1.807) is 36.4 Å². The molecule has 0 amide bonds. The molecule has 3 aromatic carbocycles. The summed E-state index contributed by atoms with van der Waals surface area (Å²) >= 11 is 0. The SMILES string of the molecule is Cc1ccc(S(=O)(=O)Nc2ccc(Cn3nnc4ccccc43)cc2)cc1. The van der Waals surface area contributed by atoms with Crippen molar-refractivity contribution in [2.75, 3.05) is 4.72 Å². The van der Waals surface area contributed by atoms with E-state index in [9.17, 15) is 8.42 Å². The summed E-state index contributed by atoms with van der Waals surface area (Å²) in [5.74, 6) is 0. The van der Waals surface area contributed by atoms with Crippen LogP contribution in [0.5, 0.6) is 0 Å². The minimum Gasteiger partial charge on any atom is -0.280 e. The summed E-state index contributed by atoms with van der Waals surface area (Å²) in [7, 11) is -3.60. The lowest BCUT2D eigenvalue weighted by Gasteiger charge is -2.09. The van der Waals surface area contributed by atoms with Gasteiger partial charge in [-0.05, 0) is 48.9 Å². The standard InChI is InChI=1S/C20H18N4O2S/c1-15-6-12-18(13-7-15)27(25,26)22-17-10-8-16(9-11-17)14-24-20-5-3-2-4-19(20)21-23-24/h2-13,22H,14H2,1H3. The van der Waals surface area contributed by atoms with Gasteiger partial charge < -0.3 is 0 Å². The van der Waals surface area contributed by atoms with Crippen molar-refractivity contribution in [3.8, 4) is 0 Å². The summed E-state index contributed by atoms with van der Waals surface area (Å²) in [6, 6.07) is 21.8. The number of anilines is 1. The lowest BCUT2D eigenvalue weighted by molar-refractivity contribution is 0.601. The maximum Gasteiger partial charge on any atom is 0.261 e. The number of rotatable bonds is 5. The smallest absolute Gasteiger partial charge is 0.261 e. The topological polar surface area (TPSA) is 76.9 Å². The molecule has 0 fully saturated rings. The third-order valence-electron chi connectivity index (χ3n) is 4.29. The second-order valence-corrected chi connectivity index (χ2v) is 8.03. The summed E-state index contributed by atoms with van der Waals surface area (Å²) in [6.07, 6.45) is 0. The molecular formula is C20H18N4O2S. The molecule has 1 heterocycles. The first-order valence-electron chi connectivity index (χ1n) is 8.48. The molecule has 0 aliphatic rings. The largest absolute Gasteiger partial charge is 0.280 e. The van der Waals surface area contributed by atoms with Gasteiger partial charge in [-0.15, -0.1) is 5.10 Å². The lowest BCUT2D eigenvalue weighted by Crippen LogP contribution is -2.13. The predicted molar refractivity (Wildman–Crippen MR) is 105 cm³/mol. The van der Waals surface area contributed by atoms with Gasteiger partial charge in [0.1, 0.15) is 5.52 Å². The van der Waals surface area contributed by atoms with Gasteiger partial charge in [-0.2, -0.15) is 0 Å². The minimum atomic E-state index is -3.60. The molecule has 0 aliphatic heterocycles. The zero-order valence-corrected chi connectivity index (χ0v) is 15.5. The first-order valence-corrected chi connectivity index (χ1v) is 9.96. The normalized spacial score (nSPS) is 11.6. The van der Waals surface area contributed by atoms with Gasteiger partial charge in [-0.25, -0.2) is 13.1 Å². The van der Waals surface area contributed by atoms with Gasteiger partial charge >= 0.3 is 0 Å². The fraction of sp³-hybridized carbons (Fsp3) is 0.100. The van der Waals surface area contributed by atoms with Gasteiger partial charge in [0.2, 0.25) is 0 Å². The van der Waals surface area contributed by atoms with Crippen LogP contribution < -0.4 is 4.72 Å². The van der Waals surface area contributed by atoms with Crippen LogP contribution >= 0.6 is 0 Å². The van der Waals surface area contributed by atoms with Crippen LogP contribution in [0.4, 0.5) is 5.69 Å². The van der Waals surface area contributed by atoms with Crippen LogP contribution in [-0.4, -0.2) is 23.4 Å². The van der Waals surface area contributed by atoms with Crippen LogP contribution in [0.2, 0.25) is 0 Å². The molecule has 1 aromatic heterocycles. The molecule has 0 unspecified atom stereocenters. The molecular weight excluding hydrogens is 360 g/mol. The molecule has 0 saturated heterocycles. The van der Waals surface area contributed by atoms with Gasteiger partial charge in [0.15, 0.2) is 0 Å². The van der Waals surface area contributed by atoms with E-state index >= 15 is 0 Å². The van der Waals surface area contributed by atoms with Gasteiger partial charge in [-0.3, -0.25) is 4.72 Å². The Labute approximate surface area is 157 Å². The zero-order valence-electron chi connectivity index (χ0n) is 14.7. The van der Waals surface area contributed by atoms with Gasteiger partial charge in [0.05, 0.1) is 17.0 Å². The van der Waals surface area contributed by atoms with Gasteiger partial charge in [0.25, 0.3) is 10.0 Å². The number of fused-ring (bicyclic) bond motifs is 1. The molecule has 0 radical (unpaired) electrons. The Hall–Kier alpha value is -3.19. The Bertz CT molecular complexity index is 1180. The number of hydrogen-bond acceptors (Lipinski definition) is 4. The maximum absolute atomic E-state index is 12.5. The molecule has 136 valence electrons. The Kier molecular flexibility index (Phi) is 4.37. The summed E-state index contributed by atoms with van der Waals surface area (Å²) in [6.45, 7) is 2.48. The summed E-state index contributed by atoms with van der Waals surface area (Å²) < 4.78 is 29.4. The first kappa shape index (κ1) is 17.2. The lowest BCUT2D eigenvalue weighted by atomic mass is 10.2. The van der Waals surface area contributed by atoms with Crippen molar-refractivity contribution in [3.05, 3.63) is 83.9 Å². The Morgan fingerprint density at radius 1 is 0.926 bits per heavy atom. The summed E-state index contributed by atoms with van der Waals surface area (Å²) in [5, 5.41) is 8.32. The van der Waals surface area contributed by atoms with Gasteiger partial charge in [-0.1, -0.05) is 47.2 Å². The second kappa shape index (κ2) is 6.85. The number of para-hydroxylation sites is 1. The highest BCUT2D eigenvalue weighted by Gasteiger charge is 2.13. The fourth-order valence-electron chi connectivity index (χ4n) is 2.82. The monoisotopic (exact) mass is 378 g/mol. The van der Waals surface area contributed by atoms with Crippen LogP contribution in [0.25, 0.3) is 11.0 Å². The third-order valence-corrected chi connectivity index (χ3v) is 5.69. The van der Waals surface area contributed by atoms with Crippen LogP contribution in [-0.2, 0) is 16.6 Å². The number of aryl methyl sites for hydroxylation is 1. The molecule has 0 aliphatic carbocycles. The van der Waals surface area contributed by atoms with E-state index in [1.807, 2.05) is 48.0 Å². The summed E-state index contributed by atoms with van der Waals surface area (Å²) in [5.41, 5.74) is 4.34. The molecule has 27 heavy (non-hydrogen) atoms. The van der Waals surface area contributed by atoms with Crippen molar-refractivity contribution in [1.82, 2.24) is 15.0 Å². The van der Waals surface area contributed by atoms with Crippen molar-refractivity contribution in [3.63, 3.8) is 0 Å². The first-order chi connectivity index (χ1) is 13.0. The second-order valence-electron chi connectivity index (χ2n) is 6.35. The highest BCUT2D eigenvalue weighted by molar-refractivity contribution is 7.92. The molecule has 0 bridgehead atoms. The molecule has 4 rings (SSSR count). The quantitative estimate of drug-likeness (QED) is 0.576. The fourth-order valence-corrected chi connectivity index (χ4v) is 3.88. The molecule has 1 N–H and O–H groups in total. The van der Waals surface area contributed by atoms with Crippen molar-refractivity contribution in [1.29, 1.82) is 0 Å². The van der Waals surface area contributed by atoms with Crippen molar-refractivity contribution < 1.29 is 8.42 Å². The molecule has 6 nitrogen and oxygen atoms in total. The molecule has 4 aromatic rings. The van der Waals surface area contributed by atoms with Gasteiger partial charge in [0, 0.05) is 5.69 Å². The van der Waals surface area contributed by atoms with E-state index < -0.39 is 10.0 Å². The molecule has 0 atom stereocenters. The van der Waals surface area contributed by atoms with E-state index in [1.165, 1.54) is 0 Å². The third kappa shape index (κ3) is 3.68. The van der Waals surface area contributed by atoms with E-state index in [0.29, 0.717) is 12.2 Å². The van der Waals surface area contributed by atoms with Crippen LogP contribution in [0.15, 0.2) is 77.7 Å². The number of nitrogens with one attached hydrogen (secondary N) is 1. The molecule has 7 heteroatoms. The Morgan fingerprint density at radius 3 is 2.37 bits per heavy atom. The highest BCUT2D eigenvalue weighted by Crippen LogP contribution is 2.18. The maximum atomic E-state index is 12.5. The number of benzene rings is 3. The molecule has 0 saturated carbocycles. The van der Waals surface area contributed by atoms with E-state index in [0.717, 1.165) is 22.2 Å². The van der Waals surface area contributed by atoms with Crippen LogP contribution in [0.1, 0.15) is 11.1 Å². The average molecular weight is 378 g/mol. The van der Waals surface area contributed by atoms with E-state index in [2.05, 4.69) is 15.0 Å². The number of sulfonamides is 1.